The van der Waals surface area contributed by atoms with E-state index in [-0.39, 0.29) is 0 Å². The SMILES string of the molecule is CCCNCCCCCN(C)C(C)CCC. The van der Waals surface area contributed by atoms with Crippen molar-refractivity contribution < 1.29 is 0 Å². The van der Waals surface area contributed by atoms with Crippen LogP contribution in [0.5, 0.6) is 0 Å². The first-order chi connectivity index (χ1) is 7.72. The summed E-state index contributed by atoms with van der Waals surface area (Å²) in [5, 5.41) is 3.45. The molecule has 2 heteroatoms. The van der Waals surface area contributed by atoms with E-state index >= 15 is 0 Å². The molecule has 0 heterocycles. The van der Waals surface area contributed by atoms with Gasteiger partial charge in [0.05, 0.1) is 0 Å². The third-order valence-corrected chi connectivity index (χ3v) is 3.25. The molecule has 0 aliphatic rings. The second-order valence-electron chi connectivity index (χ2n) is 4.93. The van der Waals surface area contributed by atoms with Gasteiger partial charge in [0.25, 0.3) is 0 Å². The molecule has 1 atom stereocenters. The summed E-state index contributed by atoms with van der Waals surface area (Å²) in [4.78, 5) is 2.50. The molecule has 98 valence electrons. The van der Waals surface area contributed by atoms with Crippen LogP contribution in [-0.4, -0.2) is 37.6 Å². The van der Waals surface area contributed by atoms with Crippen LogP contribution in [0.1, 0.15) is 59.3 Å². The van der Waals surface area contributed by atoms with E-state index in [0.717, 1.165) is 6.04 Å². The van der Waals surface area contributed by atoms with Crippen molar-refractivity contribution in [1.82, 2.24) is 10.2 Å². The highest BCUT2D eigenvalue weighted by molar-refractivity contribution is 4.62. The Morgan fingerprint density at radius 2 is 1.75 bits per heavy atom. The fourth-order valence-corrected chi connectivity index (χ4v) is 1.95. The Hall–Kier alpha value is -0.0800. The summed E-state index contributed by atoms with van der Waals surface area (Å²) in [5.74, 6) is 0. The lowest BCUT2D eigenvalue weighted by molar-refractivity contribution is 0.239. The topological polar surface area (TPSA) is 15.3 Å². The Labute approximate surface area is 103 Å². The monoisotopic (exact) mass is 228 g/mol. The minimum Gasteiger partial charge on any atom is -0.317 e. The van der Waals surface area contributed by atoms with Crippen molar-refractivity contribution in [3.05, 3.63) is 0 Å². The molecule has 1 N–H and O–H groups in total. The average Bonchev–Trinajstić information content (AvgIpc) is 2.28. The van der Waals surface area contributed by atoms with Gasteiger partial charge in [-0.1, -0.05) is 26.7 Å². The standard InChI is InChI=1S/C14H32N2/c1-5-10-14(3)16(4)13-9-7-8-12-15-11-6-2/h14-15H,5-13H2,1-4H3. The Morgan fingerprint density at radius 3 is 2.38 bits per heavy atom. The first-order valence-electron chi connectivity index (χ1n) is 7.13. The lowest BCUT2D eigenvalue weighted by atomic mass is 10.1. The van der Waals surface area contributed by atoms with Crippen LogP contribution in [0.25, 0.3) is 0 Å². The largest absolute Gasteiger partial charge is 0.317 e. The first kappa shape index (κ1) is 15.9. The summed E-state index contributed by atoms with van der Waals surface area (Å²) < 4.78 is 0. The Morgan fingerprint density at radius 1 is 1.00 bits per heavy atom. The van der Waals surface area contributed by atoms with E-state index in [9.17, 15) is 0 Å². The van der Waals surface area contributed by atoms with Crippen molar-refractivity contribution in [1.29, 1.82) is 0 Å². The lowest BCUT2D eigenvalue weighted by Crippen LogP contribution is -2.29. The van der Waals surface area contributed by atoms with Gasteiger partial charge in [-0.25, -0.2) is 0 Å². The lowest BCUT2D eigenvalue weighted by Gasteiger charge is -2.24. The van der Waals surface area contributed by atoms with E-state index in [1.54, 1.807) is 0 Å². The summed E-state index contributed by atoms with van der Waals surface area (Å²) in [6.07, 6.45) is 7.91. The van der Waals surface area contributed by atoms with Crippen molar-refractivity contribution in [3.63, 3.8) is 0 Å². The van der Waals surface area contributed by atoms with Crippen LogP contribution in [0.4, 0.5) is 0 Å². The van der Waals surface area contributed by atoms with E-state index in [4.69, 9.17) is 0 Å². The average molecular weight is 228 g/mol. The quantitative estimate of drug-likeness (QED) is 0.546. The van der Waals surface area contributed by atoms with Crippen LogP contribution >= 0.6 is 0 Å². The van der Waals surface area contributed by atoms with Gasteiger partial charge in [-0.05, 0) is 59.3 Å². The Bertz CT molecular complexity index is 137. The van der Waals surface area contributed by atoms with Gasteiger partial charge in [0.15, 0.2) is 0 Å². The highest BCUT2D eigenvalue weighted by Crippen LogP contribution is 2.05. The second-order valence-corrected chi connectivity index (χ2v) is 4.93. The van der Waals surface area contributed by atoms with Crippen molar-refractivity contribution in [2.45, 2.75) is 65.3 Å². The molecule has 0 aliphatic carbocycles. The Kier molecular flexibility index (Phi) is 11.3. The van der Waals surface area contributed by atoms with Gasteiger partial charge in [0.2, 0.25) is 0 Å². The summed E-state index contributed by atoms with van der Waals surface area (Å²) in [6, 6.07) is 0.753. The summed E-state index contributed by atoms with van der Waals surface area (Å²) in [6.45, 7) is 10.5. The highest BCUT2D eigenvalue weighted by atomic mass is 15.1. The molecule has 0 saturated heterocycles. The van der Waals surface area contributed by atoms with Crippen LogP contribution < -0.4 is 5.32 Å². The maximum atomic E-state index is 3.45. The summed E-state index contributed by atoms with van der Waals surface area (Å²) in [5.41, 5.74) is 0. The van der Waals surface area contributed by atoms with E-state index in [1.807, 2.05) is 0 Å². The minimum absolute atomic E-state index is 0.753. The number of nitrogens with zero attached hydrogens (tertiary/aromatic N) is 1. The first-order valence-corrected chi connectivity index (χ1v) is 7.13. The summed E-state index contributed by atoms with van der Waals surface area (Å²) in [7, 11) is 2.26. The molecule has 0 aromatic heterocycles. The third-order valence-electron chi connectivity index (χ3n) is 3.25. The van der Waals surface area contributed by atoms with Crippen molar-refractivity contribution in [2.24, 2.45) is 0 Å². The van der Waals surface area contributed by atoms with Crippen LogP contribution in [0.2, 0.25) is 0 Å². The molecule has 0 aromatic carbocycles. The fraction of sp³-hybridized carbons (Fsp3) is 1.00. The molecular formula is C14H32N2. The molecule has 0 fully saturated rings. The number of unbranched alkanes of at least 4 members (excludes halogenated alkanes) is 2. The molecule has 0 radical (unpaired) electrons. The number of hydrogen-bond donors (Lipinski definition) is 1. The van der Waals surface area contributed by atoms with E-state index in [2.05, 4.69) is 38.0 Å². The van der Waals surface area contributed by atoms with E-state index < -0.39 is 0 Å². The van der Waals surface area contributed by atoms with Crippen molar-refractivity contribution >= 4 is 0 Å². The molecule has 0 amide bonds. The number of hydrogen-bond acceptors (Lipinski definition) is 2. The Balaban J connectivity index is 3.23. The van der Waals surface area contributed by atoms with Gasteiger partial charge in [0.1, 0.15) is 0 Å². The van der Waals surface area contributed by atoms with Gasteiger partial charge >= 0.3 is 0 Å². The zero-order chi connectivity index (χ0) is 12.2. The van der Waals surface area contributed by atoms with Gasteiger partial charge < -0.3 is 10.2 Å². The van der Waals surface area contributed by atoms with Crippen molar-refractivity contribution in [2.75, 3.05) is 26.7 Å². The molecule has 16 heavy (non-hydrogen) atoms. The maximum absolute atomic E-state index is 3.45. The number of nitrogens with one attached hydrogen (secondary N) is 1. The normalized spacial score (nSPS) is 13.3. The maximum Gasteiger partial charge on any atom is 0.00637 e. The van der Waals surface area contributed by atoms with Crippen LogP contribution in [-0.2, 0) is 0 Å². The van der Waals surface area contributed by atoms with E-state index in [1.165, 1.54) is 58.2 Å². The minimum atomic E-state index is 0.753. The summed E-state index contributed by atoms with van der Waals surface area (Å²) >= 11 is 0. The molecule has 0 bridgehead atoms. The highest BCUT2D eigenvalue weighted by Gasteiger charge is 2.06. The molecule has 0 rings (SSSR count). The third kappa shape index (κ3) is 9.17. The van der Waals surface area contributed by atoms with Crippen LogP contribution in [0.3, 0.4) is 0 Å². The number of rotatable bonds is 11. The molecular weight excluding hydrogens is 196 g/mol. The van der Waals surface area contributed by atoms with Gasteiger partial charge in [0, 0.05) is 6.04 Å². The predicted molar refractivity (Wildman–Crippen MR) is 74.0 cm³/mol. The fourth-order valence-electron chi connectivity index (χ4n) is 1.95. The van der Waals surface area contributed by atoms with Crippen molar-refractivity contribution in [3.8, 4) is 0 Å². The van der Waals surface area contributed by atoms with Gasteiger partial charge in [-0.15, -0.1) is 0 Å². The molecule has 1 unspecified atom stereocenters. The van der Waals surface area contributed by atoms with Crippen LogP contribution in [0.15, 0.2) is 0 Å². The zero-order valence-corrected chi connectivity index (χ0v) is 11.9. The van der Waals surface area contributed by atoms with Gasteiger partial charge in [-0.3, -0.25) is 0 Å². The zero-order valence-electron chi connectivity index (χ0n) is 11.9. The molecule has 0 aliphatic heterocycles. The van der Waals surface area contributed by atoms with E-state index in [0.29, 0.717) is 0 Å². The molecule has 0 spiro atoms. The molecule has 0 aromatic rings. The smallest absolute Gasteiger partial charge is 0.00637 e. The second kappa shape index (κ2) is 11.4. The predicted octanol–water partition coefficient (Wildman–Crippen LogP) is 3.28. The molecule has 2 nitrogen and oxygen atoms in total. The van der Waals surface area contributed by atoms with Gasteiger partial charge in [-0.2, -0.15) is 0 Å². The van der Waals surface area contributed by atoms with Crippen LogP contribution in [0, 0.1) is 0 Å². The molecule has 0 saturated carbocycles.